The van der Waals surface area contributed by atoms with Gasteiger partial charge in [0, 0.05) is 37.9 Å². The highest BCUT2D eigenvalue weighted by molar-refractivity contribution is 5.89. The van der Waals surface area contributed by atoms with Gasteiger partial charge in [0.2, 0.25) is 5.95 Å². The molecule has 144 valence electrons. The van der Waals surface area contributed by atoms with Crippen LogP contribution in [0, 0.1) is 6.92 Å². The van der Waals surface area contributed by atoms with E-state index < -0.39 is 0 Å². The van der Waals surface area contributed by atoms with Crippen LogP contribution in [0.1, 0.15) is 27.2 Å². The Morgan fingerprint density at radius 3 is 2.81 bits per heavy atom. The van der Waals surface area contributed by atoms with E-state index in [4.69, 9.17) is 9.72 Å². The summed E-state index contributed by atoms with van der Waals surface area (Å²) in [4.78, 5) is 25.3. The summed E-state index contributed by atoms with van der Waals surface area (Å²) in [7, 11) is 5.49. The van der Waals surface area contributed by atoms with Gasteiger partial charge in [-0.15, -0.1) is 0 Å². The van der Waals surface area contributed by atoms with E-state index in [1.54, 1.807) is 0 Å². The molecule has 2 aromatic rings. The topological polar surface area (TPSA) is 70.6 Å². The molecule has 0 saturated heterocycles. The fourth-order valence-electron chi connectivity index (χ4n) is 3.18. The molecule has 7 heteroatoms. The molecule has 0 aliphatic carbocycles. The van der Waals surface area contributed by atoms with Crippen molar-refractivity contribution in [1.29, 1.82) is 0 Å². The van der Waals surface area contributed by atoms with Crippen LogP contribution in [0.2, 0.25) is 0 Å². The maximum absolute atomic E-state index is 11.7. The highest BCUT2D eigenvalue weighted by Gasteiger charge is 2.20. The summed E-state index contributed by atoms with van der Waals surface area (Å²) in [6, 6.07) is 7.80. The summed E-state index contributed by atoms with van der Waals surface area (Å²) in [5, 5.41) is 3.30. The molecule has 0 spiro atoms. The van der Waals surface area contributed by atoms with Crippen LogP contribution in [0.3, 0.4) is 0 Å². The molecule has 27 heavy (non-hydrogen) atoms. The zero-order chi connectivity index (χ0) is 19.4. The molecule has 2 heterocycles. The first-order valence-corrected chi connectivity index (χ1v) is 9.15. The molecular formula is C20H27N5O2. The fraction of sp³-hybridized carbons (Fsp3) is 0.450. The van der Waals surface area contributed by atoms with E-state index in [0.29, 0.717) is 11.5 Å². The number of anilines is 2. The lowest BCUT2D eigenvalue weighted by Gasteiger charge is -2.30. The maximum Gasteiger partial charge on any atom is 0.337 e. The fourth-order valence-corrected chi connectivity index (χ4v) is 3.18. The van der Waals surface area contributed by atoms with Crippen molar-refractivity contribution < 1.29 is 9.53 Å². The van der Waals surface area contributed by atoms with Crippen LogP contribution in [-0.2, 0) is 17.7 Å². The molecule has 0 atom stereocenters. The summed E-state index contributed by atoms with van der Waals surface area (Å²) in [5.74, 6) is 1.30. The Balaban J connectivity index is 1.74. The number of nitrogens with zero attached hydrogens (tertiary/aromatic N) is 4. The van der Waals surface area contributed by atoms with Crippen LogP contribution in [0.15, 0.2) is 24.3 Å². The molecule has 0 saturated carbocycles. The van der Waals surface area contributed by atoms with Gasteiger partial charge in [0.25, 0.3) is 0 Å². The Kier molecular flexibility index (Phi) is 5.91. The SMILES string of the molecule is COC(=O)c1ccc2c(c1)CCN(c1cc(C)nc(NCCN(C)C)n1)C2. The van der Waals surface area contributed by atoms with E-state index in [9.17, 15) is 4.79 Å². The standard InChI is InChI=1S/C20H27N5O2/c1-14-11-18(23-20(22-14)21-8-10-24(2)3)25-9-7-15-12-16(19(26)27-4)5-6-17(15)13-25/h5-6,11-12H,7-10,13H2,1-4H3,(H,21,22,23). The Labute approximate surface area is 160 Å². The summed E-state index contributed by atoms with van der Waals surface area (Å²) in [6.45, 7) is 5.33. The summed E-state index contributed by atoms with van der Waals surface area (Å²) < 4.78 is 4.81. The lowest BCUT2D eigenvalue weighted by molar-refractivity contribution is 0.0600. The van der Waals surface area contributed by atoms with Crippen LogP contribution < -0.4 is 10.2 Å². The second-order valence-electron chi connectivity index (χ2n) is 7.07. The monoisotopic (exact) mass is 369 g/mol. The predicted octanol–water partition coefficient (Wildman–Crippen LogP) is 2.11. The number of benzene rings is 1. The van der Waals surface area contributed by atoms with Gasteiger partial charge in [0.15, 0.2) is 0 Å². The van der Waals surface area contributed by atoms with Crippen LogP contribution in [0.5, 0.6) is 0 Å². The zero-order valence-corrected chi connectivity index (χ0v) is 16.5. The summed E-state index contributed by atoms with van der Waals surface area (Å²) in [5.41, 5.74) is 3.96. The number of esters is 1. The largest absolute Gasteiger partial charge is 0.465 e. The van der Waals surface area contributed by atoms with Crippen molar-refractivity contribution in [2.24, 2.45) is 0 Å². The molecule has 0 bridgehead atoms. The maximum atomic E-state index is 11.7. The average Bonchev–Trinajstić information content (AvgIpc) is 2.65. The molecule has 3 rings (SSSR count). The Morgan fingerprint density at radius 2 is 2.07 bits per heavy atom. The third-order valence-electron chi connectivity index (χ3n) is 4.65. The first-order valence-electron chi connectivity index (χ1n) is 9.15. The highest BCUT2D eigenvalue weighted by Crippen LogP contribution is 2.25. The van der Waals surface area contributed by atoms with Gasteiger partial charge in [0.1, 0.15) is 5.82 Å². The van der Waals surface area contributed by atoms with Gasteiger partial charge >= 0.3 is 5.97 Å². The van der Waals surface area contributed by atoms with Crippen molar-refractivity contribution in [2.75, 3.05) is 51.1 Å². The second kappa shape index (κ2) is 8.35. The first kappa shape index (κ1) is 19.1. The van der Waals surface area contributed by atoms with Gasteiger partial charge in [0.05, 0.1) is 12.7 Å². The zero-order valence-electron chi connectivity index (χ0n) is 16.5. The number of aromatic nitrogens is 2. The number of aryl methyl sites for hydroxylation is 1. The van der Waals surface area contributed by atoms with Crippen molar-refractivity contribution in [3.8, 4) is 0 Å². The van der Waals surface area contributed by atoms with E-state index in [1.807, 2.05) is 45.3 Å². The highest BCUT2D eigenvalue weighted by atomic mass is 16.5. The lowest BCUT2D eigenvalue weighted by Crippen LogP contribution is -2.31. The molecule has 1 aromatic heterocycles. The van der Waals surface area contributed by atoms with Crippen LogP contribution in [-0.4, -0.2) is 61.7 Å². The van der Waals surface area contributed by atoms with E-state index in [-0.39, 0.29) is 5.97 Å². The van der Waals surface area contributed by atoms with E-state index in [2.05, 4.69) is 20.1 Å². The number of hydrogen-bond acceptors (Lipinski definition) is 7. The van der Waals surface area contributed by atoms with Crippen molar-refractivity contribution in [3.63, 3.8) is 0 Å². The minimum Gasteiger partial charge on any atom is -0.465 e. The quantitative estimate of drug-likeness (QED) is 0.782. The molecule has 0 radical (unpaired) electrons. The number of rotatable bonds is 6. The number of likely N-dealkylation sites (N-methyl/N-ethyl adjacent to an activating group) is 1. The van der Waals surface area contributed by atoms with Crippen LogP contribution >= 0.6 is 0 Å². The van der Waals surface area contributed by atoms with Gasteiger partial charge in [-0.2, -0.15) is 4.98 Å². The Bertz CT molecular complexity index is 822. The summed E-state index contributed by atoms with van der Waals surface area (Å²) in [6.07, 6.45) is 0.868. The number of carbonyl (C=O) groups excluding carboxylic acids is 1. The predicted molar refractivity (Wildman–Crippen MR) is 106 cm³/mol. The van der Waals surface area contributed by atoms with Crippen molar-refractivity contribution in [2.45, 2.75) is 19.9 Å². The number of hydrogen-bond donors (Lipinski definition) is 1. The van der Waals surface area contributed by atoms with E-state index in [1.165, 1.54) is 18.2 Å². The van der Waals surface area contributed by atoms with Crippen molar-refractivity contribution >= 4 is 17.7 Å². The molecule has 1 N–H and O–H groups in total. The number of carbonyl (C=O) groups is 1. The normalized spacial score (nSPS) is 13.4. The number of methoxy groups -OCH3 is 1. The van der Waals surface area contributed by atoms with Crippen LogP contribution in [0.25, 0.3) is 0 Å². The minimum atomic E-state index is -0.292. The van der Waals surface area contributed by atoms with Gasteiger partial charge in [-0.25, -0.2) is 9.78 Å². The summed E-state index contributed by atoms with van der Waals surface area (Å²) >= 11 is 0. The molecule has 0 amide bonds. The molecule has 0 fully saturated rings. The minimum absolute atomic E-state index is 0.292. The van der Waals surface area contributed by atoms with E-state index >= 15 is 0 Å². The lowest BCUT2D eigenvalue weighted by atomic mass is 9.97. The molecule has 1 aliphatic rings. The number of ether oxygens (including phenoxy) is 1. The van der Waals surface area contributed by atoms with Gasteiger partial charge in [-0.05, 0) is 50.7 Å². The Hall–Kier alpha value is -2.67. The second-order valence-corrected chi connectivity index (χ2v) is 7.07. The molecule has 7 nitrogen and oxygen atoms in total. The van der Waals surface area contributed by atoms with Crippen molar-refractivity contribution in [3.05, 3.63) is 46.6 Å². The molecule has 1 aliphatic heterocycles. The first-order chi connectivity index (χ1) is 13.0. The average molecular weight is 369 g/mol. The third-order valence-corrected chi connectivity index (χ3v) is 4.65. The smallest absolute Gasteiger partial charge is 0.337 e. The van der Waals surface area contributed by atoms with Crippen molar-refractivity contribution in [1.82, 2.24) is 14.9 Å². The van der Waals surface area contributed by atoms with Gasteiger partial charge < -0.3 is 19.9 Å². The number of fused-ring (bicyclic) bond motifs is 1. The van der Waals surface area contributed by atoms with Gasteiger partial charge in [-0.1, -0.05) is 6.07 Å². The molecular weight excluding hydrogens is 342 g/mol. The molecule has 1 aromatic carbocycles. The van der Waals surface area contributed by atoms with Gasteiger partial charge in [-0.3, -0.25) is 0 Å². The van der Waals surface area contributed by atoms with E-state index in [0.717, 1.165) is 44.1 Å². The van der Waals surface area contributed by atoms with Crippen LogP contribution in [0.4, 0.5) is 11.8 Å². The molecule has 0 unspecified atom stereocenters. The third kappa shape index (κ3) is 4.74. The Morgan fingerprint density at radius 1 is 1.26 bits per heavy atom. The number of nitrogens with one attached hydrogen (secondary N) is 1.